The molecule has 6 rings (SSSR count). The van der Waals surface area contributed by atoms with E-state index in [4.69, 9.17) is 11.6 Å². The van der Waals surface area contributed by atoms with Crippen molar-refractivity contribution in [1.29, 1.82) is 0 Å². The van der Waals surface area contributed by atoms with E-state index in [0.717, 1.165) is 22.2 Å². The van der Waals surface area contributed by atoms with Crippen LogP contribution in [-0.4, -0.2) is 9.97 Å². The summed E-state index contributed by atoms with van der Waals surface area (Å²) in [6.45, 7) is 0. The smallest absolute Gasteiger partial charge is 0.218 e. The number of halogens is 1. The van der Waals surface area contributed by atoms with E-state index in [1.165, 1.54) is 27.8 Å². The second-order valence-electron chi connectivity index (χ2n) is 7.59. The van der Waals surface area contributed by atoms with Crippen LogP contribution in [0.4, 0.5) is 0 Å². The highest BCUT2D eigenvalue weighted by molar-refractivity contribution is 6.28. The first-order valence-electron chi connectivity index (χ1n) is 10.0. The standard InChI is InChI=1S/C27H17ClN2/c28-27-29-24-13-7-6-12-22(24)26(30-27)18-14-15-21-23(16-18)19-10-4-5-11-20(19)25(21)17-8-2-1-3-9-17/h1-16,25H. The Bertz CT molecular complexity index is 1410. The van der Waals surface area contributed by atoms with Crippen LogP contribution in [-0.2, 0) is 0 Å². The molecule has 1 heterocycles. The normalized spacial score (nSPS) is 14.5. The molecule has 2 nitrogen and oxygen atoms in total. The lowest BCUT2D eigenvalue weighted by molar-refractivity contribution is 1.01. The summed E-state index contributed by atoms with van der Waals surface area (Å²) in [5, 5.41) is 1.28. The zero-order valence-electron chi connectivity index (χ0n) is 16.1. The molecule has 1 aromatic heterocycles. The van der Waals surface area contributed by atoms with E-state index in [0.29, 0.717) is 0 Å². The zero-order chi connectivity index (χ0) is 20.1. The minimum atomic E-state index is 0.247. The van der Waals surface area contributed by atoms with Crippen LogP contribution in [0.15, 0.2) is 97.1 Å². The Labute approximate surface area is 179 Å². The first-order chi connectivity index (χ1) is 14.8. The number of hydrogen-bond donors (Lipinski definition) is 0. The molecule has 30 heavy (non-hydrogen) atoms. The topological polar surface area (TPSA) is 25.8 Å². The molecule has 0 amide bonds. The highest BCUT2D eigenvalue weighted by Crippen LogP contribution is 2.49. The molecule has 0 saturated heterocycles. The van der Waals surface area contributed by atoms with E-state index < -0.39 is 0 Å². The number of hydrogen-bond acceptors (Lipinski definition) is 2. The van der Waals surface area contributed by atoms with E-state index in [-0.39, 0.29) is 11.2 Å². The van der Waals surface area contributed by atoms with Crippen LogP contribution >= 0.6 is 11.6 Å². The molecule has 1 aliphatic rings. The molecule has 1 aliphatic carbocycles. The molecular formula is C27H17ClN2. The van der Waals surface area contributed by atoms with Gasteiger partial charge in [-0.05, 0) is 51.6 Å². The van der Waals surface area contributed by atoms with Gasteiger partial charge in [0.05, 0.1) is 11.2 Å². The van der Waals surface area contributed by atoms with Crippen LogP contribution in [0.1, 0.15) is 22.6 Å². The van der Waals surface area contributed by atoms with Gasteiger partial charge in [-0.3, -0.25) is 0 Å². The number of fused-ring (bicyclic) bond motifs is 4. The van der Waals surface area contributed by atoms with Crippen LogP contribution < -0.4 is 0 Å². The zero-order valence-corrected chi connectivity index (χ0v) is 16.8. The third-order valence-electron chi connectivity index (χ3n) is 5.91. The molecule has 0 radical (unpaired) electrons. The van der Waals surface area contributed by atoms with Crippen LogP contribution in [0.5, 0.6) is 0 Å². The van der Waals surface area contributed by atoms with Gasteiger partial charge in [0.15, 0.2) is 0 Å². The van der Waals surface area contributed by atoms with Crippen molar-refractivity contribution in [2.24, 2.45) is 0 Å². The summed E-state index contributed by atoms with van der Waals surface area (Å²) in [5.74, 6) is 0.247. The predicted octanol–water partition coefficient (Wildman–Crippen LogP) is 7.11. The van der Waals surface area contributed by atoms with Gasteiger partial charge in [0, 0.05) is 16.9 Å². The molecule has 0 aliphatic heterocycles. The van der Waals surface area contributed by atoms with Crippen molar-refractivity contribution < 1.29 is 0 Å². The molecule has 0 N–H and O–H groups in total. The summed E-state index contributed by atoms with van der Waals surface area (Å²) in [6, 6.07) is 34.1. The summed E-state index contributed by atoms with van der Waals surface area (Å²) >= 11 is 6.25. The molecular weight excluding hydrogens is 388 g/mol. The van der Waals surface area contributed by atoms with Crippen molar-refractivity contribution in [3.63, 3.8) is 0 Å². The second kappa shape index (κ2) is 6.79. The van der Waals surface area contributed by atoms with Crippen LogP contribution in [0.2, 0.25) is 5.28 Å². The number of rotatable bonds is 2. The summed E-state index contributed by atoms with van der Waals surface area (Å²) in [4.78, 5) is 8.96. The lowest BCUT2D eigenvalue weighted by atomic mass is 9.89. The van der Waals surface area contributed by atoms with Crippen LogP contribution in [0.25, 0.3) is 33.3 Å². The van der Waals surface area contributed by atoms with E-state index in [9.17, 15) is 0 Å². The van der Waals surface area contributed by atoms with Gasteiger partial charge in [0.2, 0.25) is 5.28 Å². The molecule has 0 fully saturated rings. The lowest BCUT2D eigenvalue weighted by Gasteiger charge is -2.14. The maximum absolute atomic E-state index is 6.25. The van der Waals surface area contributed by atoms with Gasteiger partial charge in [0.25, 0.3) is 0 Å². The SMILES string of the molecule is Clc1nc(-c2ccc3c(c2)-c2ccccc2C3c2ccccc2)c2ccccc2n1. The Morgan fingerprint density at radius 3 is 2.27 bits per heavy atom. The van der Waals surface area contributed by atoms with Crippen molar-refractivity contribution in [3.8, 4) is 22.4 Å². The van der Waals surface area contributed by atoms with Crippen molar-refractivity contribution in [3.05, 3.63) is 119 Å². The quantitative estimate of drug-likeness (QED) is 0.287. The first kappa shape index (κ1) is 17.4. The molecule has 1 atom stereocenters. The Kier molecular flexibility index (Phi) is 3.93. The molecule has 4 aromatic carbocycles. The van der Waals surface area contributed by atoms with Gasteiger partial charge < -0.3 is 0 Å². The number of aromatic nitrogens is 2. The lowest BCUT2D eigenvalue weighted by Crippen LogP contribution is -1.98. The average Bonchev–Trinajstić information content (AvgIpc) is 3.13. The molecule has 1 unspecified atom stereocenters. The fourth-order valence-electron chi connectivity index (χ4n) is 4.62. The Morgan fingerprint density at radius 1 is 0.633 bits per heavy atom. The highest BCUT2D eigenvalue weighted by Gasteiger charge is 2.30. The summed E-state index contributed by atoms with van der Waals surface area (Å²) in [5.41, 5.74) is 9.31. The highest BCUT2D eigenvalue weighted by atomic mass is 35.5. The molecule has 0 spiro atoms. The van der Waals surface area contributed by atoms with Crippen LogP contribution in [0, 0.1) is 0 Å². The van der Waals surface area contributed by atoms with Gasteiger partial charge in [-0.15, -0.1) is 0 Å². The van der Waals surface area contributed by atoms with Crippen molar-refractivity contribution in [1.82, 2.24) is 9.97 Å². The van der Waals surface area contributed by atoms with E-state index in [1.54, 1.807) is 0 Å². The van der Waals surface area contributed by atoms with E-state index in [1.807, 2.05) is 18.2 Å². The molecule has 0 bridgehead atoms. The summed E-state index contributed by atoms with van der Waals surface area (Å²) in [7, 11) is 0. The average molecular weight is 405 g/mol. The number of benzene rings is 4. The number of nitrogens with zero attached hydrogens (tertiary/aromatic N) is 2. The Morgan fingerprint density at radius 2 is 1.37 bits per heavy atom. The minimum Gasteiger partial charge on any atom is -0.218 e. The van der Waals surface area contributed by atoms with Crippen LogP contribution in [0.3, 0.4) is 0 Å². The van der Waals surface area contributed by atoms with Gasteiger partial charge in [-0.25, -0.2) is 9.97 Å². The predicted molar refractivity (Wildman–Crippen MR) is 123 cm³/mol. The Hall–Kier alpha value is -3.49. The Balaban J connectivity index is 1.59. The van der Waals surface area contributed by atoms with E-state index >= 15 is 0 Å². The molecule has 0 saturated carbocycles. The monoisotopic (exact) mass is 404 g/mol. The van der Waals surface area contributed by atoms with Gasteiger partial charge in [0.1, 0.15) is 0 Å². The minimum absolute atomic E-state index is 0.247. The molecule has 3 heteroatoms. The maximum atomic E-state index is 6.25. The van der Waals surface area contributed by atoms with Gasteiger partial charge in [-0.2, -0.15) is 0 Å². The largest absolute Gasteiger partial charge is 0.223 e. The van der Waals surface area contributed by atoms with Crippen molar-refractivity contribution in [2.75, 3.05) is 0 Å². The maximum Gasteiger partial charge on any atom is 0.223 e. The molecule has 5 aromatic rings. The molecule has 142 valence electrons. The van der Waals surface area contributed by atoms with Crippen molar-refractivity contribution in [2.45, 2.75) is 5.92 Å². The first-order valence-corrected chi connectivity index (χ1v) is 10.4. The fourth-order valence-corrected chi connectivity index (χ4v) is 4.80. The van der Waals surface area contributed by atoms with Gasteiger partial charge in [-0.1, -0.05) is 84.9 Å². The third kappa shape index (κ3) is 2.65. The third-order valence-corrected chi connectivity index (χ3v) is 6.08. The second-order valence-corrected chi connectivity index (χ2v) is 7.93. The summed E-state index contributed by atoms with van der Waals surface area (Å²) < 4.78 is 0. The number of para-hydroxylation sites is 1. The summed E-state index contributed by atoms with van der Waals surface area (Å²) in [6.07, 6.45) is 0. The van der Waals surface area contributed by atoms with E-state index in [2.05, 4.69) is 88.8 Å². The fraction of sp³-hybridized carbons (Fsp3) is 0.0370. The van der Waals surface area contributed by atoms with Crippen molar-refractivity contribution >= 4 is 22.5 Å². The van der Waals surface area contributed by atoms with Gasteiger partial charge >= 0.3 is 0 Å².